The van der Waals surface area contributed by atoms with Crippen LogP contribution in [0.5, 0.6) is 0 Å². The molecule has 70 valence electrons. The van der Waals surface area contributed by atoms with Crippen LogP contribution in [0.2, 0.25) is 0 Å². The molecule has 0 spiro atoms. The van der Waals surface area contributed by atoms with Crippen molar-refractivity contribution < 1.29 is 14.6 Å². The lowest BCUT2D eigenvalue weighted by atomic mass is 9.68. The first-order valence-electron chi connectivity index (χ1n) is 4.09. The van der Waals surface area contributed by atoms with E-state index in [1.54, 1.807) is 0 Å². The maximum absolute atomic E-state index is 11.3. The van der Waals surface area contributed by atoms with E-state index in [0.29, 0.717) is 0 Å². The molecule has 1 unspecified atom stereocenters. The highest BCUT2D eigenvalue weighted by Crippen LogP contribution is 2.49. The van der Waals surface area contributed by atoms with Crippen LogP contribution in [0.4, 0.5) is 0 Å². The number of esters is 1. The minimum atomic E-state index is -1.38. The lowest BCUT2D eigenvalue weighted by molar-refractivity contribution is -0.156. The van der Waals surface area contributed by atoms with E-state index >= 15 is 0 Å². The number of carbonyl (C=O) groups is 1. The average Bonchev–Trinajstić information content (AvgIpc) is 1.92. The quantitative estimate of drug-likeness (QED) is 0.556. The van der Waals surface area contributed by atoms with Crippen LogP contribution in [-0.4, -0.2) is 22.3 Å². The summed E-state index contributed by atoms with van der Waals surface area (Å²) in [6.45, 7) is 8.79. The zero-order valence-corrected chi connectivity index (χ0v) is 8.26. The topological polar surface area (TPSA) is 46.5 Å². The third-order valence-electron chi connectivity index (χ3n) is 3.47. The van der Waals surface area contributed by atoms with Crippen molar-refractivity contribution in [1.29, 1.82) is 0 Å². The maximum Gasteiger partial charge on any atom is 0.339 e. The Kier molecular flexibility index (Phi) is 1.60. The Morgan fingerprint density at radius 1 is 1.17 bits per heavy atom. The molecule has 0 aromatic heterocycles. The molecule has 0 bridgehead atoms. The summed E-state index contributed by atoms with van der Waals surface area (Å²) in [5, 5.41) is 9.85. The highest BCUT2D eigenvalue weighted by Gasteiger charge is 2.63. The molecular weight excluding hydrogens is 156 g/mol. The summed E-state index contributed by atoms with van der Waals surface area (Å²) >= 11 is 0. The lowest BCUT2D eigenvalue weighted by Crippen LogP contribution is -2.49. The Hall–Kier alpha value is -0.570. The molecule has 1 aliphatic heterocycles. The molecule has 0 amide bonds. The van der Waals surface area contributed by atoms with Crippen molar-refractivity contribution in [2.45, 2.75) is 45.8 Å². The van der Waals surface area contributed by atoms with Gasteiger partial charge in [0.15, 0.2) is 5.60 Å². The number of cyclic esters (lactones) is 1. The molecule has 1 fully saturated rings. The molecule has 1 aliphatic rings. The summed E-state index contributed by atoms with van der Waals surface area (Å²) in [6, 6.07) is 0. The van der Waals surface area contributed by atoms with Crippen LogP contribution in [0, 0.1) is 5.41 Å². The van der Waals surface area contributed by atoms with E-state index in [9.17, 15) is 9.90 Å². The summed E-state index contributed by atoms with van der Waals surface area (Å²) in [5.74, 6) is -0.530. The molecule has 0 aliphatic carbocycles. The number of carbonyl (C=O) groups excluding carboxylic acids is 1. The Morgan fingerprint density at radius 3 is 1.67 bits per heavy atom. The van der Waals surface area contributed by atoms with Crippen molar-refractivity contribution in [2.24, 2.45) is 5.41 Å². The van der Waals surface area contributed by atoms with Gasteiger partial charge >= 0.3 is 5.97 Å². The standard InChI is InChI=1S/C9H16O3/c1-7(2)8(3,4)12-6(10)9(7,5)11/h11H,1-5H3. The SMILES string of the molecule is CC1(C)OC(=O)C(C)(O)C1(C)C. The van der Waals surface area contributed by atoms with Gasteiger partial charge in [0.25, 0.3) is 0 Å². The zero-order chi connectivity index (χ0) is 9.78. The van der Waals surface area contributed by atoms with Crippen LogP contribution >= 0.6 is 0 Å². The van der Waals surface area contributed by atoms with Crippen LogP contribution in [0.3, 0.4) is 0 Å². The zero-order valence-electron chi connectivity index (χ0n) is 8.26. The van der Waals surface area contributed by atoms with Gasteiger partial charge in [0.05, 0.1) is 0 Å². The number of hydrogen-bond donors (Lipinski definition) is 1. The molecule has 0 aromatic rings. The molecule has 0 aromatic carbocycles. The van der Waals surface area contributed by atoms with Crippen LogP contribution in [0.25, 0.3) is 0 Å². The summed E-state index contributed by atoms with van der Waals surface area (Å²) in [4.78, 5) is 11.3. The van der Waals surface area contributed by atoms with E-state index in [0.717, 1.165) is 0 Å². The smallest absolute Gasteiger partial charge is 0.339 e. The molecule has 1 N–H and O–H groups in total. The monoisotopic (exact) mass is 172 g/mol. The number of hydrogen-bond acceptors (Lipinski definition) is 3. The van der Waals surface area contributed by atoms with Gasteiger partial charge in [0, 0.05) is 5.41 Å². The van der Waals surface area contributed by atoms with Crippen molar-refractivity contribution in [3.8, 4) is 0 Å². The second kappa shape index (κ2) is 2.02. The van der Waals surface area contributed by atoms with Crippen molar-refractivity contribution in [3.05, 3.63) is 0 Å². The molecule has 0 radical (unpaired) electrons. The summed E-state index contributed by atoms with van der Waals surface area (Å²) in [5.41, 5.74) is -2.54. The largest absolute Gasteiger partial charge is 0.457 e. The van der Waals surface area contributed by atoms with Gasteiger partial charge < -0.3 is 9.84 Å². The minimum Gasteiger partial charge on any atom is -0.457 e. The summed E-state index contributed by atoms with van der Waals surface area (Å²) in [7, 11) is 0. The van der Waals surface area contributed by atoms with Crippen LogP contribution in [0.15, 0.2) is 0 Å². The Bertz CT molecular complexity index is 226. The molecule has 3 heteroatoms. The average molecular weight is 172 g/mol. The fourth-order valence-corrected chi connectivity index (χ4v) is 1.30. The number of aliphatic hydroxyl groups is 1. The fraction of sp³-hybridized carbons (Fsp3) is 0.889. The fourth-order valence-electron chi connectivity index (χ4n) is 1.30. The van der Waals surface area contributed by atoms with E-state index < -0.39 is 22.6 Å². The summed E-state index contributed by atoms with van der Waals surface area (Å²) < 4.78 is 5.09. The molecule has 1 atom stereocenters. The molecule has 1 saturated heterocycles. The normalized spacial score (nSPS) is 38.0. The van der Waals surface area contributed by atoms with E-state index in [4.69, 9.17) is 4.74 Å². The first kappa shape index (κ1) is 9.52. The Morgan fingerprint density at radius 2 is 1.58 bits per heavy atom. The van der Waals surface area contributed by atoms with Crippen LogP contribution < -0.4 is 0 Å². The molecule has 3 nitrogen and oxygen atoms in total. The minimum absolute atomic E-state index is 0.530. The van der Waals surface area contributed by atoms with Gasteiger partial charge in [0.2, 0.25) is 0 Å². The second-order valence-electron chi connectivity index (χ2n) is 4.60. The highest BCUT2D eigenvalue weighted by molar-refractivity contribution is 5.83. The van der Waals surface area contributed by atoms with E-state index in [1.165, 1.54) is 6.92 Å². The van der Waals surface area contributed by atoms with E-state index in [1.807, 2.05) is 27.7 Å². The third kappa shape index (κ3) is 0.829. The number of ether oxygens (including phenoxy) is 1. The van der Waals surface area contributed by atoms with Gasteiger partial charge in [-0.1, -0.05) is 13.8 Å². The first-order valence-corrected chi connectivity index (χ1v) is 4.09. The van der Waals surface area contributed by atoms with Gasteiger partial charge in [-0.15, -0.1) is 0 Å². The predicted octanol–water partition coefficient (Wildman–Crippen LogP) is 1.10. The predicted molar refractivity (Wildman–Crippen MR) is 44.6 cm³/mol. The van der Waals surface area contributed by atoms with Gasteiger partial charge in [0.1, 0.15) is 5.60 Å². The van der Waals surface area contributed by atoms with Gasteiger partial charge in [-0.3, -0.25) is 0 Å². The van der Waals surface area contributed by atoms with Gasteiger partial charge in [-0.25, -0.2) is 4.79 Å². The Labute approximate surface area is 72.7 Å². The Balaban J connectivity index is 3.19. The first-order chi connectivity index (χ1) is 5.13. The van der Waals surface area contributed by atoms with Crippen molar-refractivity contribution in [3.63, 3.8) is 0 Å². The van der Waals surface area contributed by atoms with Crippen LogP contribution in [0.1, 0.15) is 34.6 Å². The van der Waals surface area contributed by atoms with E-state index in [-0.39, 0.29) is 0 Å². The lowest BCUT2D eigenvalue weighted by Gasteiger charge is -2.37. The van der Waals surface area contributed by atoms with E-state index in [2.05, 4.69) is 0 Å². The third-order valence-corrected chi connectivity index (χ3v) is 3.47. The molecule has 0 saturated carbocycles. The van der Waals surface area contributed by atoms with Crippen molar-refractivity contribution in [2.75, 3.05) is 0 Å². The molecule has 1 heterocycles. The van der Waals surface area contributed by atoms with Crippen molar-refractivity contribution in [1.82, 2.24) is 0 Å². The summed E-state index contributed by atoms with van der Waals surface area (Å²) in [6.07, 6.45) is 0. The highest BCUT2D eigenvalue weighted by atomic mass is 16.6. The molecular formula is C9H16O3. The molecule has 1 rings (SSSR count). The van der Waals surface area contributed by atoms with Gasteiger partial charge in [-0.2, -0.15) is 0 Å². The van der Waals surface area contributed by atoms with Crippen molar-refractivity contribution >= 4 is 5.97 Å². The van der Waals surface area contributed by atoms with Gasteiger partial charge in [-0.05, 0) is 20.8 Å². The molecule has 12 heavy (non-hydrogen) atoms. The maximum atomic E-state index is 11.3. The van der Waals surface area contributed by atoms with Crippen LogP contribution in [-0.2, 0) is 9.53 Å². The number of rotatable bonds is 0. The second-order valence-corrected chi connectivity index (χ2v) is 4.60.